The number of nitrogens with one attached hydrogen (secondary N) is 1. The standard InChI is InChI=1S/C10H7ClN2OS/c11-6-1-2-8-5(3-6)4-7(10(13)15)9(12)14-8/h1-4,12H,(H2,13,15). The SMILES string of the molecule is N=c1oc2ccc(Cl)cc2cc1C(N)=S. The fourth-order valence-electron chi connectivity index (χ4n) is 1.29. The van der Waals surface area contributed by atoms with Crippen molar-refractivity contribution in [3.63, 3.8) is 0 Å². The van der Waals surface area contributed by atoms with Gasteiger partial charge >= 0.3 is 0 Å². The van der Waals surface area contributed by atoms with Crippen LogP contribution in [0.4, 0.5) is 0 Å². The monoisotopic (exact) mass is 238 g/mol. The van der Waals surface area contributed by atoms with E-state index < -0.39 is 0 Å². The van der Waals surface area contributed by atoms with Gasteiger partial charge in [-0.3, -0.25) is 5.41 Å². The highest BCUT2D eigenvalue weighted by molar-refractivity contribution is 7.80. The summed E-state index contributed by atoms with van der Waals surface area (Å²) in [4.78, 5) is 0.144. The molecule has 0 saturated carbocycles. The number of benzene rings is 1. The zero-order valence-electron chi connectivity index (χ0n) is 7.58. The molecule has 1 aromatic carbocycles. The van der Waals surface area contributed by atoms with E-state index >= 15 is 0 Å². The second kappa shape index (κ2) is 3.64. The number of hydrogen-bond donors (Lipinski definition) is 2. The van der Waals surface area contributed by atoms with Gasteiger partial charge in [0.15, 0.2) is 0 Å². The lowest BCUT2D eigenvalue weighted by Gasteiger charge is -2.01. The average molecular weight is 239 g/mol. The third-order valence-electron chi connectivity index (χ3n) is 1.99. The second-order valence-corrected chi connectivity index (χ2v) is 3.91. The van der Waals surface area contributed by atoms with Gasteiger partial charge in [0.1, 0.15) is 10.6 Å². The summed E-state index contributed by atoms with van der Waals surface area (Å²) in [6.45, 7) is 0. The van der Waals surface area contributed by atoms with Gasteiger partial charge in [-0.15, -0.1) is 0 Å². The molecule has 3 N–H and O–H groups in total. The quantitative estimate of drug-likeness (QED) is 0.749. The van der Waals surface area contributed by atoms with Crippen LogP contribution in [0.15, 0.2) is 28.7 Å². The van der Waals surface area contributed by atoms with E-state index in [9.17, 15) is 0 Å². The Morgan fingerprint density at radius 1 is 1.40 bits per heavy atom. The van der Waals surface area contributed by atoms with Gasteiger partial charge in [-0.2, -0.15) is 0 Å². The van der Waals surface area contributed by atoms with E-state index in [1.165, 1.54) is 0 Å². The molecule has 5 heteroatoms. The topological polar surface area (TPSA) is 63.0 Å². The molecule has 0 saturated heterocycles. The van der Waals surface area contributed by atoms with Crippen LogP contribution in [0.25, 0.3) is 11.0 Å². The van der Waals surface area contributed by atoms with Gasteiger partial charge in [0, 0.05) is 10.4 Å². The van der Waals surface area contributed by atoms with Gasteiger partial charge < -0.3 is 10.2 Å². The summed E-state index contributed by atoms with van der Waals surface area (Å²) in [5.74, 6) is 0. The van der Waals surface area contributed by atoms with Crippen LogP contribution in [0.2, 0.25) is 5.02 Å². The van der Waals surface area contributed by atoms with Crippen LogP contribution in [-0.2, 0) is 0 Å². The normalized spacial score (nSPS) is 10.5. The molecule has 1 heterocycles. The van der Waals surface area contributed by atoms with Crippen LogP contribution >= 0.6 is 23.8 Å². The van der Waals surface area contributed by atoms with Gasteiger partial charge in [-0.05, 0) is 24.3 Å². The minimum absolute atomic E-state index is 0.0303. The molecule has 0 aliphatic heterocycles. The first-order valence-electron chi connectivity index (χ1n) is 4.16. The molecule has 15 heavy (non-hydrogen) atoms. The first-order chi connectivity index (χ1) is 7.08. The van der Waals surface area contributed by atoms with Gasteiger partial charge in [0.2, 0.25) is 5.55 Å². The van der Waals surface area contributed by atoms with Crippen molar-refractivity contribution >= 4 is 39.8 Å². The number of hydrogen-bond acceptors (Lipinski definition) is 3. The summed E-state index contributed by atoms with van der Waals surface area (Å²) in [5, 5.41) is 8.95. The Bertz CT molecular complexity index is 606. The summed E-state index contributed by atoms with van der Waals surface area (Å²) >= 11 is 10.6. The zero-order valence-corrected chi connectivity index (χ0v) is 9.15. The number of thiocarbonyl (C=S) groups is 1. The van der Waals surface area contributed by atoms with Crippen molar-refractivity contribution in [2.45, 2.75) is 0 Å². The summed E-state index contributed by atoms with van der Waals surface area (Å²) in [5.41, 5.74) is 6.44. The highest BCUT2D eigenvalue weighted by Gasteiger charge is 2.05. The van der Waals surface area contributed by atoms with Crippen LogP contribution in [-0.4, -0.2) is 4.99 Å². The van der Waals surface area contributed by atoms with Crippen molar-refractivity contribution in [1.29, 1.82) is 5.41 Å². The largest absolute Gasteiger partial charge is 0.438 e. The van der Waals surface area contributed by atoms with Gasteiger partial charge in [0.25, 0.3) is 0 Å². The Hall–Kier alpha value is -1.39. The van der Waals surface area contributed by atoms with Gasteiger partial charge in [0.05, 0.1) is 5.56 Å². The molecule has 76 valence electrons. The molecule has 3 nitrogen and oxygen atoms in total. The van der Waals surface area contributed by atoms with E-state index in [1.807, 2.05) is 0 Å². The van der Waals surface area contributed by atoms with Crippen LogP contribution in [0.5, 0.6) is 0 Å². The smallest absolute Gasteiger partial charge is 0.222 e. The Balaban J connectivity index is 2.83. The third kappa shape index (κ3) is 1.86. The molecule has 0 atom stereocenters. The predicted molar refractivity (Wildman–Crippen MR) is 63.0 cm³/mol. The number of halogens is 1. The maximum atomic E-state index is 7.57. The van der Waals surface area contributed by atoms with Crippen LogP contribution in [0, 0.1) is 5.41 Å². The van der Waals surface area contributed by atoms with Crippen molar-refractivity contribution in [2.75, 3.05) is 0 Å². The molecule has 0 radical (unpaired) electrons. The lowest BCUT2D eigenvalue weighted by atomic mass is 10.2. The van der Waals surface area contributed by atoms with E-state index in [2.05, 4.69) is 0 Å². The number of nitrogens with two attached hydrogens (primary N) is 1. The van der Waals surface area contributed by atoms with E-state index in [4.69, 9.17) is 39.4 Å². The summed E-state index contributed by atoms with van der Waals surface area (Å²) < 4.78 is 5.25. The minimum Gasteiger partial charge on any atom is -0.438 e. The highest BCUT2D eigenvalue weighted by Crippen LogP contribution is 2.18. The summed E-state index contributed by atoms with van der Waals surface area (Å²) in [6.07, 6.45) is 0. The van der Waals surface area contributed by atoms with E-state index in [-0.39, 0.29) is 10.5 Å². The number of fused-ring (bicyclic) bond motifs is 1. The fraction of sp³-hybridized carbons (Fsp3) is 0. The van der Waals surface area contributed by atoms with Crippen molar-refractivity contribution in [1.82, 2.24) is 0 Å². The molecule has 0 aliphatic rings. The fourth-order valence-corrected chi connectivity index (χ4v) is 1.63. The van der Waals surface area contributed by atoms with Gasteiger partial charge in [-0.1, -0.05) is 23.8 Å². The van der Waals surface area contributed by atoms with Crippen LogP contribution in [0.1, 0.15) is 5.56 Å². The molecular formula is C10H7ClN2OS. The maximum absolute atomic E-state index is 7.57. The molecule has 0 unspecified atom stereocenters. The maximum Gasteiger partial charge on any atom is 0.222 e. The minimum atomic E-state index is -0.0303. The molecule has 2 rings (SSSR count). The second-order valence-electron chi connectivity index (χ2n) is 3.04. The highest BCUT2D eigenvalue weighted by atomic mass is 35.5. The first kappa shape index (κ1) is 10.1. The molecule has 0 fully saturated rings. The van der Waals surface area contributed by atoms with Crippen molar-refractivity contribution in [3.05, 3.63) is 40.4 Å². The molecule has 2 aromatic rings. The van der Waals surface area contributed by atoms with Crippen LogP contribution < -0.4 is 11.3 Å². The average Bonchev–Trinajstić information content (AvgIpc) is 2.17. The van der Waals surface area contributed by atoms with Gasteiger partial charge in [-0.25, -0.2) is 0 Å². The Morgan fingerprint density at radius 3 is 2.80 bits per heavy atom. The zero-order chi connectivity index (χ0) is 11.0. The molecule has 0 aliphatic carbocycles. The first-order valence-corrected chi connectivity index (χ1v) is 4.94. The van der Waals surface area contributed by atoms with E-state index in [1.54, 1.807) is 24.3 Å². The molecule has 0 amide bonds. The van der Waals surface area contributed by atoms with E-state index in [0.717, 1.165) is 5.39 Å². The third-order valence-corrected chi connectivity index (χ3v) is 2.45. The Morgan fingerprint density at radius 2 is 2.13 bits per heavy atom. The molecule has 1 aromatic heterocycles. The van der Waals surface area contributed by atoms with Crippen molar-refractivity contribution in [3.8, 4) is 0 Å². The lowest BCUT2D eigenvalue weighted by Crippen LogP contribution is -2.19. The van der Waals surface area contributed by atoms with Crippen molar-refractivity contribution < 1.29 is 4.42 Å². The molecule has 0 bridgehead atoms. The lowest BCUT2D eigenvalue weighted by molar-refractivity contribution is 0.531. The van der Waals surface area contributed by atoms with E-state index in [0.29, 0.717) is 16.2 Å². The van der Waals surface area contributed by atoms with Crippen LogP contribution in [0.3, 0.4) is 0 Å². The molecular weight excluding hydrogens is 232 g/mol. The Kier molecular flexibility index (Phi) is 2.46. The molecule has 0 spiro atoms. The predicted octanol–water partition coefficient (Wildman–Crippen LogP) is 2.20. The summed E-state index contributed by atoms with van der Waals surface area (Å²) in [6, 6.07) is 6.85. The number of rotatable bonds is 1. The summed E-state index contributed by atoms with van der Waals surface area (Å²) in [7, 11) is 0. The van der Waals surface area contributed by atoms with Crippen molar-refractivity contribution in [2.24, 2.45) is 5.73 Å². The Labute approximate surface area is 96.0 Å².